The summed E-state index contributed by atoms with van der Waals surface area (Å²) >= 11 is 6.21. The third kappa shape index (κ3) is 5.74. The number of carbonyl (C=O) groups excluding carboxylic acids is 1. The Balaban J connectivity index is 1.53. The van der Waals surface area contributed by atoms with E-state index in [4.69, 9.17) is 28.8 Å². The number of aliphatic imine (C=N–C) groups is 1. The lowest BCUT2D eigenvalue weighted by molar-refractivity contribution is -0.134. The minimum absolute atomic E-state index is 0.103. The van der Waals surface area contributed by atoms with Crippen molar-refractivity contribution in [2.45, 2.75) is 57.9 Å². The molecule has 0 bridgehead atoms. The summed E-state index contributed by atoms with van der Waals surface area (Å²) in [6.07, 6.45) is 6.64. The van der Waals surface area contributed by atoms with E-state index in [1.165, 1.54) is 17.8 Å². The molecule has 7 N–H and O–H groups in total. The van der Waals surface area contributed by atoms with Gasteiger partial charge >= 0.3 is 0 Å². The highest BCUT2D eigenvalue weighted by Gasteiger charge is 2.48. The highest BCUT2D eigenvalue weighted by Crippen LogP contribution is 2.38. The van der Waals surface area contributed by atoms with Crippen molar-refractivity contribution in [2.24, 2.45) is 22.2 Å². The Morgan fingerprint density at radius 2 is 2.03 bits per heavy atom. The number of aromatic nitrogens is 2. The molecule has 1 saturated heterocycles. The minimum Gasteiger partial charge on any atom is -0.402 e. The van der Waals surface area contributed by atoms with Crippen LogP contribution in [-0.2, 0) is 4.79 Å². The van der Waals surface area contributed by atoms with Crippen LogP contribution in [0.3, 0.4) is 0 Å². The summed E-state index contributed by atoms with van der Waals surface area (Å²) in [6.45, 7) is 7.35. The van der Waals surface area contributed by atoms with Gasteiger partial charge in [0.15, 0.2) is 5.82 Å². The second-order valence-electron chi connectivity index (χ2n) is 9.69. The van der Waals surface area contributed by atoms with Gasteiger partial charge in [0.25, 0.3) is 0 Å². The summed E-state index contributed by atoms with van der Waals surface area (Å²) < 4.78 is 0. The van der Waals surface area contributed by atoms with Crippen molar-refractivity contribution in [3.63, 3.8) is 0 Å². The van der Waals surface area contributed by atoms with Gasteiger partial charge in [-0.3, -0.25) is 4.79 Å². The third-order valence-corrected chi connectivity index (χ3v) is 6.83. The molecule has 4 rings (SSSR count). The SMILES string of the molecule is C/C(N)=C/C(N)=Nc1nc(Nc2cc(C)c(C3CCCN(C(=O)C4(N)CC4)C3)cc2C)ncc1Cl. The van der Waals surface area contributed by atoms with Gasteiger partial charge in [-0.15, -0.1) is 0 Å². The number of allylic oxidation sites excluding steroid dienone is 1. The summed E-state index contributed by atoms with van der Waals surface area (Å²) in [4.78, 5) is 27.7. The Morgan fingerprint density at radius 3 is 2.71 bits per heavy atom. The van der Waals surface area contributed by atoms with Gasteiger partial charge in [0.1, 0.15) is 10.9 Å². The maximum absolute atomic E-state index is 12.8. The van der Waals surface area contributed by atoms with Gasteiger partial charge in [0.2, 0.25) is 11.9 Å². The Hall–Kier alpha value is -3.17. The topological polar surface area (TPSA) is 149 Å². The lowest BCUT2D eigenvalue weighted by atomic mass is 9.86. The van der Waals surface area contributed by atoms with Gasteiger partial charge in [0, 0.05) is 30.4 Å². The molecule has 9 nitrogen and oxygen atoms in total. The molecule has 2 aliphatic rings. The number of nitrogens with one attached hydrogen (secondary N) is 1. The van der Waals surface area contributed by atoms with Crippen LogP contribution in [0.5, 0.6) is 0 Å². The number of aryl methyl sites for hydroxylation is 2. The number of amides is 1. The zero-order valence-electron chi connectivity index (χ0n) is 20.4. The van der Waals surface area contributed by atoms with Crippen LogP contribution in [0.25, 0.3) is 0 Å². The number of nitrogens with two attached hydrogens (primary N) is 3. The molecular formula is C25H33ClN8O. The molecule has 1 unspecified atom stereocenters. The first-order valence-corrected chi connectivity index (χ1v) is 12.2. The van der Waals surface area contributed by atoms with Gasteiger partial charge in [0.05, 0.1) is 11.7 Å². The average Bonchev–Trinajstić information content (AvgIpc) is 3.55. The van der Waals surface area contributed by atoms with Crippen molar-refractivity contribution in [1.29, 1.82) is 0 Å². The first-order valence-electron chi connectivity index (χ1n) is 11.8. The molecule has 0 radical (unpaired) electrons. The molecule has 1 aliphatic carbocycles. The van der Waals surface area contributed by atoms with Crippen molar-refractivity contribution in [2.75, 3.05) is 18.4 Å². The molecule has 1 aliphatic heterocycles. The maximum atomic E-state index is 12.8. The molecule has 10 heteroatoms. The predicted octanol–water partition coefficient (Wildman–Crippen LogP) is 3.54. The minimum atomic E-state index is -0.619. The van der Waals surface area contributed by atoms with Crippen LogP contribution in [0, 0.1) is 13.8 Å². The van der Waals surface area contributed by atoms with Gasteiger partial charge in [-0.1, -0.05) is 17.7 Å². The Morgan fingerprint density at radius 1 is 1.29 bits per heavy atom. The second-order valence-corrected chi connectivity index (χ2v) is 10.1. The van der Waals surface area contributed by atoms with Crippen molar-refractivity contribution in [3.05, 3.63) is 51.8 Å². The van der Waals surface area contributed by atoms with E-state index in [1.54, 1.807) is 6.92 Å². The summed E-state index contributed by atoms with van der Waals surface area (Å²) in [6, 6.07) is 4.28. The Kier molecular flexibility index (Phi) is 7.00. The number of amidine groups is 1. The van der Waals surface area contributed by atoms with Gasteiger partial charge in [-0.2, -0.15) is 4.98 Å². The molecule has 0 spiro atoms. The highest BCUT2D eigenvalue weighted by molar-refractivity contribution is 6.32. The number of carbonyl (C=O) groups is 1. The predicted molar refractivity (Wildman–Crippen MR) is 140 cm³/mol. The molecule has 2 heterocycles. The van der Waals surface area contributed by atoms with Gasteiger partial charge < -0.3 is 27.4 Å². The number of halogens is 1. The van der Waals surface area contributed by atoms with E-state index in [-0.39, 0.29) is 28.5 Å². The lowest BCUT2D eigenvalue weighted by Crippen LogP contribution is -2.49. The number of anilines is 2. The fourth-order valence-corrected chi connectivity index (χ4v) is 4.63. The Labute approximate surface area is 210 Å². The average molecular weight is 497 g/mol. The van der Waals surface area contributed by atoms with E-state index in [2.05, 4.69) is 39.3 Å². The van der Waals surface area contributed by atoms with Gasteiger partial charge in [-0.05, 0) is 75.3 Å². The van der Waals surface area contributed by atoms with Crippen LogP contribution in [0.4, 0.5) is 17.5 Å². The number of nitrogens with zero attached hydrogens (tertiary/aromatic N) is 4. The smallest absolute Gasteiger partial charge is 0.242 e. The number of rotatable bonds is 6. The molecule has 1 atom stereocenters. The molecule has 186 valence electrons. The van der Waals surface area contributed by atoms with Crippen LogP contribution in [0.15, 0.2) is 35.1 Å². The lowest BCUT2D eigenvalue weighted by Gasteiger charge is -2.35. The van der Waals surface area contributed by atoms with Crippen molar-refractivity contribution < 1.29 is 4.79 Å². The molecule has 1 saturated carbocycles. The number of likely N-dealkylation sites (tertiary alicyclic amines) is 1. The van der Waals surface area contributed by atoms with Gasteiger partial charge in [-0.25, -0.2) is 9.98 Å². The first-order chi connectivity index (χ1) is 16.6. The molecular weight excluding hydrogens is 464 g/mol. The number of hydrogen-bond acceptors (Lipinski definition) is 7. The second kappa shape index (κ2) is 9.83. The number of hydrogen-bond donors (Lipinski definition) is 4. The quantitative estimate of drug-likeness (QED) is 0.353. The fourth-order valence-electron chi connectivity index (χ4n) is 4.50. The summed E-state index contributed by atoms with van der Waals surface area (Å²) in [5, 5.41) is 3.55. The molecule has 35 heavy (non-hydrogen) atoms. The summed E-state index contributed by atoms with van der Waals surface area (Å²) in [5.41, 5.74) is 22.0. The normalized spacial score (nSPS) is 20.0. The van der Waals surface area contributed by atoms with Crippen molar-refractivity contribution >= 4 is 40.8 Å². The van der Waals surface area contributed by atoms with Crippen molar-refractivity contribution in [3.8, 4) is 0 Å². The fraction of sp³-hybridized carbons (Fsp3) is 0.440. The van der Waals surface area contributed by atoms with Crippen LogP contribution in [0.1, 0.15) is 55.2 Å². The van der Waals surface area contributed by atoms with Crippen molar-refractivity contribution in [1.82, 2.24) is 14.9 Å². The van der Waals surface area contributed by atoms with Crippen LogP contribution >= 0.6 is 11.6 Å². The van der Waals surface area contributed by atoms with E-state index < -0.39 is 5.54 Å². The van der Waals surface area contributed by atoms with Crippen LogP contribution in [0.2, 0.25) is 5.02 Å². The van der Waals surface area contributed by atoms with E-state index in [9.17, 15) is 4.79 Å². The standard InChI is InChI=1S/C25H33ClN8O/c1-14-10-20(31-24-30-12-19(26)22(33-24)32-21(28)11-16(3)27)15(2)9-18(14)17-5-4-8-34(13-17)23(35)25(29)6-7-25/h9-12,17H,4-8,13,27,29H2,1-3H3,(H3,28,30,31,32,33)/b16-11-. The monoisotopic (exact) mass is 496 g/mol. The number of benzene rings is 1. The zero-order valence-corrected chi connectivity index (χ0v) is 21.2. The van der Waals surface area contributed by atoms with E-state index in [0.29, 0.717) is 18.2 Å². The van der Waals surface area contributed by atoms with E-state index >= 15 is 0 Å². The maximum Gasteiger partial charge on any atom is 0.242 e. The van der Waals surface area contributed by atoms with E-state index in [1.807, 2.05) is 11.8 Å². The Bertz CT molecular complexity index is 1200. The molecule has 1 amide bonds. The summed E-state index contributed by atoms with van der Waals surface area (Å²) in [7, 11) is 0. The molecule has 1 aromatic carbocycles. The first kappa shape index (κ1) is 24.9. The molecule has 2 aromatic rings. The van der Waals surface area contributed by atoms with E-state index in [0.717, 1.165) is 49.0 Å². The van der Waals surface area contributed by atoms with Crippen LogP contribution < -0.4 is 22.5 Å². The summed E-state index contributed by atoms with van der Waals surface area (Å²) in [5.74, 6) is 1.21. The highest BCUT2D eigenvalue weighted by atomic mass is 35.5. The molecule has 2 fully saturated rings. The molecule has 1 aromatic heterocycles. The van der Waals surface area contributed by atoms with Crippen LogP contribution in [-0.4, -0.2) is 45.2 Å². The number of piperidine rings is 1. The largest absolute Gasteiger partial charge is 0.402 e. The third-order valence-electron chi connectivity index (χ3n) is 6.56. The zero-order chi connectivity index (χ0) is 25.3.